The molecule has 1 unspecified atom stereocenters. The van der Waals surface area contributed by atoms with E-state index < -0.39 is 92.1 Å². The van der Waals surface area contributed by atoms with Crippen molar-refractivity contribution in [2.45, 2.75) is 153 Å². The monoisotopic (exact) mass is 971 g/mol. The summed E-state index contributed by atoms with van der Waals surface area (Å²) < 4.78 is 96.5. The molecule has 69 heavy (non-hydrogen) atoms. The van der Waals surface area contributed by atoms with Gasteiger partial charge in [-0.05, 0) is 60.2 Å². The number of rotatable bonds is 21. The lowest BCUT2D eigenvalue weighted by molar-refractivity contribution is -0.315. The van der Waals surface area contributed by atoms with Crippen molar-refractivity contribution in [3.05, 3.63) is 143 Å². The van der Waals surface area contributed by atoms with Gasteiger partial charge in [0.2, 0.25) is 0 Å². The first kappa shape index (κ1) is 50.2. The maximum Gasteiger partial charge on any atom is 0.475 e. The van der Waals surface area contributed by atoms with Gasteiger partial charge in [0, 0.05) is 16.7 Å². The molecule has 0 amide bonds. The SMILES string of the molecule is C=CCOC[C@H]1O[C@H](O[C@@H]2[C@H]3OC(C)(C)O[C@@H]3[C@H]3OC4(C[C@H]5CC[C@]4(C)C5(C)C)O[C@H]3[C@H]2OP(=O)(OCc2ccccc2)OCc2ccccc2)[C@H](N=[N+]=[N-])[C@@H](OCc2ccccc2)[C@@H]1OCC=C. The molecule has 3 aromatic carbocycles. The zero-order valence-electron chi connectivity index (χ0n) is 40.1. The third-order valence-electron chi connectivity index (χ3n) is 15.2. The van der Waals surface area contributed by atoms with Crippen LogP contribution in [0.15, 0.2) is 121 Å². The van der Waals surface area contributed by atoms with Crippen LogP contribution in [0.5, 0.6) is 0 Å². The van der Waals surface area contributed by atoms with Gasteiger partial charge >= 0.3 is 7.82 Å². The van der Waals surface area contributed by atoms with Crippen LogP contribution in [0.4, 0.5) is 0 Å². The lowest BCUT2D eigenvalue weighted by Gasteiger charge is -2.48. The number of ether oxygens (including phenoxy) is 9. The summed E-state index contributed by atoms with van der Waals surface area (Å²) in [6, 6.07) is 27.2. The number of hydrogen-bond donors (Lipinski definition) is 0. The predicted octanol–water partition coefficient (Wildman–Crippen LogP) is 9.92. The van der Waals surface area contributed by atoms with E-state index in [4.69, 9.17) is 56.2 Å². The minimum atomic E-state index is -4.58. The molecule has 0 N–H and O–H groups in total. The Morgan fingerprint density at radius 1 is 0.725 bits per heavy atom. The van der Waals surface area contributed by atoms with Crippen molar-refractivity contribution >= 4 is 7.82 Å². The Kier molecular flexibility index (Phi) is 15.1. The lowest BCUT2D eigenvalue weighted by Crippen LogP contribution is -2.66. The average molecular weight is 972 g/mol. The summed E-state index contributed by atoms with van der Waals surface area (Å²) >= 11 is 0. The van der Waals surface area contributed by atoms with E-state index in [2.05, 4.69) is 44.0 Å². The third-order valence-corrected chi connectivity index (χ3v) is 16.6. The maximum absolute atomic E-state index is 15.6. The molecule has 0 radical (unpaired) electrons. The molecule has 9 rings (SSSR count). The number of hydrogen-bond acceptors (Lipinski definition) is 14. The molecule has 6 aliphatic rings. The van der Waals surface area contributed by atoms with Gasteiger partial charge in [-0.15, -0.1) is 13.2 Å². The summed E-state index contributed by atoms with van der Waals surface area (Å²) in [7, 11) is -4.58. The number of nitrogens with zero attached hydrogens (tertiary/aromatic N) is 3. The molecule has 3 aliphatic heterocycles. The molecule has 0 aromatic heterocycles. The summed E-state index contributed by atoms with van der Waals surface area (Å²) in [5.41, 5.74) is 12.1. The van der Waals surface area contributed by atoms with E-state index in [1.165, 1.54) is 0 Å². The third kappa shape index (κ3) is 10.1. The Balaban J connectivity index is 1.13. The zero-order valence-corrected chi connectivity index (χ0v) is 41.0. The first-order valence-electron chi connectivity index (χ1n) is 24.0. The fourth-order valence-corrected chi connectivity index (χ4v) is 12.8. The fourth-order valence-electron chi connectivity index (χ4n) is 11.4. The second kappa shape index (κ2) is 20.7. The molecule has 14 atom stereocenters. The average Bonchev–Trinajstić information content (AvgIpc) is 4.01. The van der Waals surface area contributed by atoms with Crippen LogP contribution < -0.4 is 0 Å². The van der Waals surface area contributed by atoms with Crippen LogP contribution in [0.2, 0.25) is 0 Å². The molecule has 1 spiro atoms. The molecule has 3 saturated heterocycles. The van der Waals surface area contributed by atoms with E-state index in [0.717, 1.165) is 29.5 Å². The molecule has 3 aliphatic carbocycles. The van der Waals surface area contributed by atoms with Gasteiger partial charge < -0.3 is 42.6 Å². The number of azide groups is 1. The van der Waals surface area contributed by atoms with Crippen LogP contribution in [0.25, 0.3) is 10.4 Å². The van der Waals surface area contributed by atoms with Crippen molar-refractivity contribution in [3.8, 4) is 0 Å². The standard InChI is InChI=1S/C52H66N3O13P/c1-8-27-57-33-38-40(58-28-9-2)41(59-30-34-19-13-10-14-20-34)39(54-55-53)48(62-38)63-42-43-44(65-50(5,6)64-43)45-46(67-52(66-45)29-37-25-26-51(52,7)49(37,3)4)47(42)68-69(56,60-31-35-21-15-11-16-22-35)61-32-36-23-17-12-18-24-36/h8-24,37-48H,1-2,25-33H2,3-7H3/t37-,38-,39-,40-,41-,42-,43-,44+,45-,46-,47+,48-,51-,52?/m1/s1. The highest BCUT2D eigenvalue weighted by atomic mass is 31.2. The minimum Gasteiger partial charge on any atom is -0.375 e. The Labute approximate surface area is 405 Å². The van der Waals surface area contributed by atoms with Crippen LogP contribution in [0.3, 0.4) is 0 Å². The molecule has 6 fully saturated rings. The smallest absolute Gasteiger partial charge is 0.375 e. The Morgan fingerprint density at radius 3 is 1.86 bits per heavy atom. The highest BCUT2D eigenvalue weighted by molar-refractivity contribution is 7.48. The first-order valence-corrected chi connectivity index (χ1v) is 25.5. The van der Waals surface area contributed by atoms with Crippen molar-refractivity contribution in [3.63, 3.8) is 0 Å². The molecule has 17 heteroatoms. The van der Waals surface area contributed by atoms with Gasteiger partial charge in [0.15, 0.2) is 17.9 Å². The second-order valence-electron chi connectivity index (χ2n) is 20.0. The van der Waals surface area contributed by atoms with E-state index in [0.29, 0.717) is 12.3 Å². The van der Waals surface area contributed by atoms with E-state index in [1.807, 2.05) is 105 Å². The topological polar surface area (TPSA) is 177 Å². The molecule has 3 saturated carbocycles. The zero-order chi connectivity index (χ0) is 48.4. The van der Waals surface area contributed by atoms with Gasteiger partial charge in [-0.25, -0.2) is 4.57 Å². The highest BCUT2D eigenvalue weighted by Gasteiger charge is 2.77. The second-order valence-corrected chi connectivity index (χ2v) is 21.6. The largest absolute Gasteiger partial charge is 0.475 e. The molecular weight excluding hydrogens is 906 g/mol. The van der Waals surface area contributed by atoms with Crippen molar-refractivity contribution in [1.82, 2.24) is 0 Å². The summed E-state index contributed by atoms with van der Waals surface area (Å²) in [6.07, 6.45) is -4.07. The van der Waals surface area contributed by atoms with Crippen LogP contribution >= 0.6 is 7.82 Å². The molecule has 3 aromatic rings. The molecule has 16 nitrogen and oxygen atoms in total. The summed E-state index contributed by atoms with van der Waals surface area (Å²) in [5, 5.41) is 4.30. The van der Waals surface area contributed by atoms with Gasteiger partial charge in [0.1, 0.15) is 61.0 Å². The normalized spacial score (nSPS) is 36.1. The van der Waals surface area contributed by atoms with E-state index >= 15 is 4.57 Å². The van der Waals surface area contributed by atoms with E-state index in [9.17, 15) is 5.53 Å². The van der Waals surface area contributed by atoms with Gasteiger partial charge in [-0.1, -0.05) is 129 Å². The van der Waals surface area contributed by atoms with Crippen molar-refractivity contribution < 1.29 is 60.8 Å². The number of benzene rings is 3. The van der Waals surface area contributed by atoms with Crippen molar-refractivity contribution in [1.29, 1.82) is 0 Å². The number of fused-ring (bicyclic) bond motifs is 6. The quantitative estimate of drug-likeness (QED) is 0.0246. The van der Waals surface area contributed by atoms with Crippen molar-refractivity contribution in [2.75, 3.05) is 19.8 Å². The summed E-state index contributed by atoms with van der Waals surface area (Å²) in [5.74, 6) is -1.88. The van der Waals surface area contributed by atoms with Gasteiger partial charge in [0.05, 0.1) is 39.6 Å². The van der Waals surface area contributed by atoms with E-state index in [1.54, 1.807) is 12.2 Å². The Bertz CT molecular complexity index is 2280. The number of phosphoric ester groups is 1. The van der Waals surface area contributed by atoms with Crippen molar-refractivity contribution in [2.24, 2.45) is 21.9 Å². The van der Waals surface area contributed by atoms with Gasteiger partial charge in [-0.2, -0.15) is 0 Å². The summed E-state index contributed by atoms with van der Waals surface area (Å²) in [4.78, 5) is 3.29. The summed E-state index contributed by atoms with van der Waals surface area (Å²) in [6.45, 7) is 18.4. The number of phosphoric acid groups is 1. The van der Waals surface area contributed by atoms with Gasteiger partial charge in [0.25, 0.3) is 0 Å². The highest BCUT2D eigenvalue weighted by Crippen LogP contribution is 2.73. The molecule has 3 heterocycles. The molecular formula is C52H66N3O13P. The van der Waals surface area contributed by atoms with E-state index in [-0.39, 0.29) is 45.1 Å². The van der Waals surface area contributed by atoms with Gasteiger partial charge in [-0.3, -0.25) is 13.6 Å². The molecule has 372 valence electrons. The lowest BCUT2D eigenvalue weighted by atomic mass is 9.68. The fraction of sp³-hybridized carbons (Fsp3) is 0.577. The Hall–Kier alpha value is -3.80. The first-order chi connectivity index (χ1) is 33.2. The van der Waals surface area contributed by atoms with Crippen LogP contribution in [-0.4, -0.2) is 98.7 Å². The van der Waals surface area contributed by atoms with Crippen LogP contribution in [0.1, 0.15) is 70.6 Å². The van der Waals surface area contributed by atoms with Crippen LogP contribution in [-0.2, 0) is 80.6 Å². The predicted molar refractivity (Wildman–Crippen MR) is 253 cm³/mol. The molecule has 2 bridgehead atoms. The Morgan fingerprint density at radius 2 is 1.29 bits per heavy atom. The minimum absolute atomic E-state index is 0.0285. The maximum atomic E-state index is 15.6. The van der Waals surface area contributed by atoms with Crippen LogP contribution in [0, 0.1) is 16.7 Å².